The van der Waals surface area contributed by atoms with Gasteiger partial charge >= 0.3 is 0 Å². The highest BCUT2D eigenvalue weighted by molar-refractivity contribution is 5.33. The molecule has 3 heterocycles. The average Bonchev–Trinajstić information content (AvgIpc) is 3.33. The first-order valence-electron chi connectivity index (χ1n) is 7.84. The van der Waals surface area contributed by atoms with E-state index >= 15 is 0 Å². The van der Waals surface area contributed by atoms with E-state index in [-0.39, 0.29) is 12.1 Å². The molecule has 4 rings (SSSR count). The van der Waals surface area contributed by atoms with Gasteiger partial charge < -0.3 is 15.0 Å². The Kier molecular flexibility index (Phi) is 3.92. The number of ether oxygens (including phenoxy) is 1. The fourth-order valence-corrected chi connectivity index (χ4v) is 3.03. The Morgan fingerprint density at radius 2 is 2.13 bits per heavy atom. The second kappa shape index (κ2) is 6.36. The topological polar surface area (TPSA) is 67.8 Å². The fourth-order valence-electron chi connectivity index (χ4n) is 3.03. The molecule has 1 aliphatic heterocycles. The quantitative estimate of drug-likeness (QED) is 0.758. The van der Waals surface area contributed by atoms with Crippen LogP contribution in [-0.4, -0.2) is 32.4 Å². The molecule has 1 fully saturated rings. The molecule has 3 aromatic rings. The molecule has 0 radical (unpaired) electrons. The van der Waals surface area contributed by atoms with E-state index in [1.54, 1.807) is 6.20 Å². The van der Waals surface area contributed by atoms with Crippen LogP contribution >= 0.6 is 0 Å². The van der Waals surface area contributed by atoms with Crippen molar-refractivity contribution in [1.82, 2.24) is 25.1 Å². The number of nitrogens with zero attached hydrogens (tertiary/aromatic N) is 3. The molecule has 1 saturated heterocycles. The molecule has 0 spiro atoms. The summed E-state index contributed by atoms with van der Waals surface area (Å²) in [5, 5.41) is 8.01. The summed E-state index contributed by atoms with van der Waals surface area (Å²) in [6.45, 7) is 1.46. The van der Waals surface area contributed by atoms with Crippen LogP contribution in [0, 0.1) is 0 Å². The molecule has 118 valence electrons. The van der Waals surface area contributed by atoms with E-state index in [0.717, 1.165) is 30.2 Å². The highest BCUT2D eigenvalue weighted by Crippen LogP contribution is 2.30. The van der Waals surface area contributed by atoms with Crippen molar-refractivity contribution in [3.05, 3.63) is 66.5 Å². The van der Waals surface area contributed by atoms with Gasteiger partial charge in [0.25, 0.3) is 0 Å². The second-order valence-electron chi connectivity index (χ2n) is 5.61. The van der Waals surface area contributed by atoms with Crippen molar-refractivity contribution in [3.8, 4) is 5.69 Å². The van der Waals surface area contributed by atoms with Crippen LogP contribution in [-0.2, 0) is 11.3 Å². The molecule has 2 N–H and O–H groups in total. The molecule has 6 nitrogen and oxygen atoms in total. The number of hydrogen-bond acceptors (Lipinski definition) is 4. The van der Waals surface area contributed by atoms with Gasteiger partial charge in [-0.2, -0.15) is 5.10 Å². The van der Waals surface area contributed by atoms with Gasteiger partial charge in [-0.15, -0.1) is 0 Å². The zero-order valence-electron chi connectivity index (χ0n) is 12.7. The van der Waals surface area contributed by atoms with Crippen molar-refractivity contribution in [2.45, 2.75) is 25.1 Å². The molecule has 0 aliphatic carbocycles. The van der Waals surface area contributed by atoms with E-state index < -0.39 is 0 Å². The summed E-state index contributed by atoms with van der Waals surface area (Å²) in [7, 11) is 0. The van der Waals surface area contributed by atoms with Gasteiger partial charge in [0.2, 0.25) is 0 Å². The highest BCUT2D eigenvalue weighted by atomic mass is 16.5. The fraction of sp³-hybridized carbons (Fsp3) is 0.294. The number of aromatic amines is 1. The number of imidazole rings is 1. The van der Waals surface area contributed by atoms with E-state index in [1.165, 1.54) is 0 Å². The molecule has 0 unspecified atom stereocenters. The third-order valence-corrected chi connectivity index (χ3v) is 4.14. The molecule has 1 aromatic carbocycles. The van der Waals surface area contributed by atoms with E-state index in [4.69, 9.17) is 4.74 Å². The van der Waals surface area contributed by atoms with Gasteiger partial charge in [-0.25, -0.2) is 9.67 Å². The van der Waals surface area contributed by atoms with Crippen LogP contribution in [0.25, 0.3) is 5.69 Å². The predicted molar refractivity (Wildman–Crippen MR) is 86.1 cm³/mol. The molecule has 0 saturated carbocycles. The Bertz CT molecular complexity index is 737. The number of rotatable bonds is 5. The third-order valence-electron chi connectivity index (χ3n) is 4.14. The molecule has 6 heteroatoms. The minimum atomic E-state index is -0.00679. The maximum Gasteiger partial charge on any atom is 0.120 e. The zero-order chi connectivity index (χ0) is 15.5. The average molecular weight is 309 g/mol. The lowest BCUT2D eigenvalue weighted by atomic mass is 10.1. The predicted octanol–water partition coefficient (Wildman–Crippen LogP) is 2.22. The second-order valence-corrected chi connectivity index (χ2v) is 5.61. The lowest BCUT2D eigenvalue weighted by Gasteiger charge is -2.20. The first kappa shape index (κ1) is 14.2. The smallest absolute Gasteiger partial charge is 0.120 e. The van der Waals surface area contributed by atoms with Crippen molar-refractivity contribution in [3.63, 3.8) is 0 Å². The number of para-hydroxylation sites is 1. The first-order valence-corrected chi connectivity index (χ1v) is 7.84. The number of aromatic nitrogens is 4. The van der Waals surface area contributed by atoms with E-state index in [1.807, 2.05) is 41.3 Å². The van der Waals surface area contributed by atoms with E-state index in [2.05, 4.69) is 32.5 Å². The minimum Gasteiger partial charge on any atom is -0.370 e. The monoisotopic (exact) mass is 309 g/mol. The molecular formula is C17H19N5O. The van der Waals surface area contributed by atoms with Crippen molar-refractivity contribution >= 4 is 0 Å². The summed E-state index contributed by atoms with van der Waals surface area (Å²) < 4.78 is 7.94. The first-order chi connectivity index (χ1) is 11.4. The Hall–Kier alpha value is -2.44. The van der Waals surface area contributed by atoms with Crippen molar-refractivity contribution < 1.29 is 4.74 Å². The lowest BCUT2D eigenvalue weighted by molar-refractivity contribution is 0.0930. The Labute approximate surface area is 134 Å². The zero-order valence-corrected chi connectivity index (χ0v) is 12.7. The van der Waals surface area contributed by atoms with Gasteiger partial charge in [0.1, 0.15) is 11.9 Å². The van der Waals surface area contributed by atoms with Crippen molar-refractivity contribution in [1.29, 1.82) is 0 Å². The maximum absolute atomic E-state index is 5.99. The summed E-state index contributed by atoms with van der Waals surface area (Å²) in [6.07, 6.45) is 6.40. The Morgan fingerprint density at radius 1 is 1.22 bits per heavy atom. The van der Waals surface area contributed by atoms with Gasteiger partial charge in [0.05, 0.1) is 17.9 Å². The number of H-pyrrole nitrogens is 1. The molecule has 2 atom stereocenters. The number of hydrogen-bond donors (Lipinski definition) is 2. The molecule has 2 aromatic heterocycles. The lowest BCUT2D eigenvalue weighted by Crippen LogP contribution is -2.32. The van der Waals surface area contributed by atoms with Gasteiger partial charge in [-0.05, 0) is 24.6 Å². The van der Waals surface area contributed by atoms with Crippen LogP contribution < -0.4 is 5.32 Å². The molecule has 1 aliphatic rings. The minimum absolute atomic E-state index is 0.00679. The standard InChI is InChI=1S/C17H19N5O/c1-2-4-13(5-3-1)22-15(6-8-21-22)17-14(7-11-23-17)20-12-16-18-9-10-19-16/h1-6,8-10,14,17,20H,7,11-12H2,(H,18,19)/t14-,17-/m0/s1. The summed E-state index contributed by atoms with van der Waals surface area (Å²) in [5.41, 5.74) is 2.12. The SMILES string of the molecule is c1ccc(-n2nccc2[C@H]2OCC[C@@H]2NCc2ncc[nH]2)cc1. The van der Waals surface area contributed by atoms with Crippen LogP contribution in [0.15, 0.2) is 55.0 Å². The van der Waals surface area contributed by atoms with Crippen LogP contribution in [0.1, 0.15) is 24.0 Å². The van der Waals surface area contributed by atoms with Gasteiger partial charge in [-0.3, -0.25) is 0 Å². The van der Waals surface area contributed by atoms with Gasteiger partial charge in [0, 0.05) is 31.2 Å². The van der Waals surface area contributed by atoms with Crippen LogP contribution in [0.3, 0.4) is 0 Å². The molecular weight excluding hydrogens is 290 g/mol. The normalized spacial score (nSPS) is 20.9. The van der Waals surface area contributed by atoms with E-state index in [0.29, 0.717) is 6.54 Å². The summed E-state index contributed by atoms with van der Waals surface area (Å²) in [5.74, 6) is 0.937. The largest absolute Gasteiger partial charge is 0.370 e. The summed E-state index contributed by atoms with van der Waals surface area (Å²) in [6, 6.07) is 12.4. The van der Waals surface area contributed by atoms with Crippen LogP contribution in [0.5, 0.6) is 0 Å². The number of nitrogens with one attached hydrogen (secondary N) is 2. The van der Waals surface area contributed by atoms with Crippen LogP contribution in [0.2, 0.25) is 0 Å². The summed E-state index contributed by atoms with van der Waals surface area (Å²) in [4.78, 5) is 7.37. The Balaban J connectivity index is 1.54. The molecule has 0 amide bonds. The molecule has 23 heavy (non-hydrogen) atoms. The van der Waals surface area contributed by atoms with Crippen LogP contribution in [0.4, 0.5) is 0 Å². The Morgan fingerprint density at radius 3 is 2.96 bits per heavy atom. The number of benzene rings is 1. The van der Waals surface area contributed by atoms with Crippen molar-refractivity contribution in [2.24, 2.45) is 0 Å². The van der Waals surface area contributed by atoms with Gasteiger partial charge in [-0.1, -0.05) is 18.2 Å². The molecule has 0 bridgehead atoms. The maximum atomic E-state index is 5.99. The summed E-state index contributed by atoms with van der Waals surface area (Å²) >= 11 is 0. The van der Waals surface area contributed by atoms with Crippen molar-refractivity contribution in [2.75, 3.05) is 6.61 Å². The van der Waals surface area contributed by atoms with Gasteiger partial charge in [0.15, 0.2) is 0 Å². The van der Waals surface area contributed by atoms with E-state index in [9.17, 15) is 0 Å². The third kappa shape index (κ3) is 2.91. The highest BCUT2D eigenvalue weighted by Gasteiger charge is 2.32.